The van der Waals surface area contributed by atoms with Crippen molar-refractivity contribution in [2.24, 2.45) is 0 Å². The molecule has 578 valence electrons. The van der Waals surface area contributed by atoms with Crippen LogP contribution < -0.4 is 5.32 Å². The molecule has 1 amide bonds. The fourth-order valence-corrected chi connectivity index (χ4v) is 12.8. The van der Waals surface area contributed by atoms with Crippen molar-refractivity contribution in [1.82, 2.24) is 5.32 Å². The van der Waals surface area contributed by atoms with Crippen LogP contribution in [-0.2, 0) is 33.2 Å². The standard InChI is InChI=1S/C81H141NO18/c1-3-5-7-9-11-13-15-17-19-21-22-23-24-25-26-27-28-29-30-31-32-33-34-35-36-37-38-39-40-41-42-43-45-47-49-51-53-55-57-59-69(87)82-64(65(86)58-56-54-52-50-48-46-44-20-18-16-14-12-10-8-6-4-2)63-95-79-75(93)72(90)77(67(61-84)97-79)100-81-76(94)73(91)78(68(62-85)98-81)99-80-74(92)71(89)70(88)66(60-83)96-80/h5,7,11,13,17-20,22-23,25-26,48,50,56,58,64-68,70-81,83-86,88-94H,3-4,6,8-10,12,14-16,21,24,27-47,49,51-55,57,59-63H2,1-2H3,(H,82,87)/b7-5-,13-11-,19-17-,20-18+,23-22-,26-25-,50-48+,58-56+. The molecule has 17 unspecified atom stereocenters. The van der Waals surface area contributed by atoms with E-state index in [9.17, 15) is 61.0 Å². The summed E-state index contributed by atoms with van der Waals surface area (Å²) in [7, 11) is 0. The summed E-state index contributed by atoms with van der Waals surface area (Å²) < 4.78 is 34.4. The van der Waals surface area contributed by atoms with Crippen LogP contribution in [0.25, 0.3) is 0 Å². The summed E-state index contributed by atoms with van der Waals surface area (Å²) in [6.07, 6.45) is 55.6. The molecule has 0 saturated carbocycles. The van der Waals surface area contributed by atoms with Gasteiger partial charge in [0.05, 0.1) is 38.6 Å². The summed E-state index contributed by atoms with van der Waals surface area (Å²) in [5.74, 6) is -0.288. The largest absolute Gasteiger partial charge is 0.394 e. The summed E-state index contributed by atoms with van der Waals surface area (Å²) in [4.78, 5) is 13.4. The van der Waals surface area contributed by atoms with Gasteiger partial charge in [0.25, 0.3) is 0 Å². The number of ether oxygens (including phenoxy) is 6. The van der Waals surface area contributed by atoms with E-state index in [4.69, 9.17) is 28.4 Å². The molecular weight excluding hydrogens is 1270 g/mol. The predicted octanol–water partition coefficient (Wildman–Crippen LogP) is 12.8. The number of rotatable bonds is 61. The van der Waals surface area contributed by atoms with E-state index >= 15 is 0 Å². The van der Waals surface area contributed by atoms with Gasteiger partial charge in [0.15, 0.2) is 18.9 Å². The van der Waals surface area contributed by atoms with Crippen LogP contribution in [0.1, 0.15) is 277 Å². The molecule has 0 aliphatic carbocycles. The Labute approximate surface area is 603 Å². The molecule has 19 heteroatoms. The number of nitrogens with one attached hydrogen (secondary N) is 1. The molecule has 3 saturated heterocycles. The van der Waals surface area contributed by atoms with Gasteiger partial charge in [-0.3, -0.25) is 4.79 Å². The number of unbranched alkanes of at least 4 members (excludes halogenated alkanes) is 31. The normalized spacial score (nSPS) is 27.0. The Hall–Kier alpha value is -3.29. The number of allylic oxidation sites excluding steroid dienone is 15. The number of carbonyl (C=O) groups is 1. The van der Waals surface area contributed by atoms with E-state index in [0.717, 1.165) is 77.0 Å². The molecule has 3 aliphatic rings. The third-order valence-corrected chi connectivity index (χ3v) is 19.1. The summed E-state index contributed by atoms with van der Waals surface area (Å²) in [5, 5.41) is 121. The Morgan fingerprint density at radius 1 is 0.370 bits per heavy atom. The van der Waals surface area contributed by atoms with Gasteiger partial charge >= 0.3 is 0 Å². The minimum Gasteiger partial charge on any atom is -0.394 e. The average molecular weight is 1420 g/mol. The summed E-state index contributed by atoms with van der Waals surface area (Å²) in [5.41, 5.74) is 0. The molecule has 3 aliphatic heterocycles. The van der Waals surface area contributed by atoms with E-state index in [-0.39, 0.29) is 18.9 Å². The number of amides is 1. The van der Waals surface area contributed by atoms with Crippen molar-refractivity contribution < 1.29 is 89.4 Å². The zero-order chi connectivity index (χ0) is 72.5. The predicted molar refractivity (Wildman–Crippen MR) is 397 cm³/mol. The summed E-state index contributed by atoms with van der Waals surface area (Å²) in [6, 6.07) is -0.999. The molecule has 0 spiro atoms. The number of aliphatic hydroxyl groups is 11. The maximum Gasteiger partial charge on any atom is 0.220 e. The fraction of sp³-hybridized carbons (Fsp3) is 0.790. The third kappa shape index (κ3) is 40.8. The molecular formula is C81H141NO18. The zero-order valence-corrected chi connectivity index (χ0v) is 61.6. The van der Waals surface area contributed by atoms with Crippen LogP contribution in [0.2, 0.25) is 0 Å². The molecule has 17 atom stereocenters. The topological polar surface area (TPSA) is 307 Å². The first-order valence-corrected chi connectivity index (χ1v) is 39.5. The monoisotopic (exact) mass is 1420 g/mol. The highest BCUT2D eigenvalue weighted by atomic mass is 16.8. The Bertz CT molecular complexity index is 2190. The van der Waals surface area contributed by atoms with Crippen molar-refractivity contribution in [3.8, 4) is 0 Å². The van der Waals surface area contributed by atoms with Gasteiger partial charge in [0.1, 0.15) is 73.2 Å². The van der Waals surface area contributed by atoms with E-state index in [1.54, 1.807) is 6.08 Å². The smallest absolute Gasteiger partial charge is 0.220 e. The number of hydrogen-bond acceptors (Lipinski definition) is 18. The highest BCUT2D eigenvalue weighted by molar-refractivity contribution is 5.76. The second-order valence-corrected chi connectivity index (χ2v) is 27.8. The SMILES string of the molecule is CC/C=C\C/C=C\C/C=C\C/C=C\C/C=C\CCCCCCCCCCCCCCCCCCCCCCCCCC(=O)NC(COC1OC(CO)C(OC2OC(CO)C(OC3OC(CO)C(O)C(O)C3O)C(O)C2O)C(O)C1O)C(O)/C=C/CC/C=C/CC/C=C/CCCCCCCC. The van der Waals surface area contributed by atoms with Gasteiger partial charge in [-0.15, -0.1) is 0 Å². The van der Waals surface area contributed by atoms with Gasteiger partial charge in [-0.1, -0.05) is 278 Å². The van der Waals surface area contributed by atoms with Crippen LogP contribution in [-0.4, -0.2) is 193 Å². The highest BCUT2D eigenvalue weighted by Gasteiger charge is 2.53. The Morgan fingerprint density at radius 2 is 0.700 bits per heavy atom. The van der Waals surface area contributed by atoms with Crippen LogP contribution in [0, 0.1) is 0 Å². The van der Waals surface area contributed by atoms with Crippen molar-refractivity contribution in [3.05, 3.63) is 97.2 Å². The first kappa shape index (κ1) is 90.9. The third-order valence-electron chi connectivity index (χ3n) is 19.1. The molecule has 3 rings (SSSR count). The lowest BCUT2D eigenvalue weighted by atomic mass is 9.96. The lowest BCUT2D eigenvalue weighted by Gasteiger charge is -2.48. The lowest BCUT2D eigenvalue weighted by Crippen LogP contribution is -2.66. The Kier molecular flexibility index (Phi) is 55.4. The van der Waals surface area contributed by atoms with Crippen molar-refractivity contribution in [1.29, 1.82) is 0 Å². The van der Waals surface area contributed by atoms with Crippen molar-refractivity contribution >= 4 is 5.91 Å². The Morgan fingerprint density at radius 3 is 1.12 bits per heavy atom. The number of aliphatic hydroxyl groups excluding tert-OH is 11. The minimum absolute atomic E-state index is 0.231. The lowest BCUT2D eigenvalue weighted by molar-refractivity contribution is -0.379. The van der Waals surface area contributed by atoms with E-state index < -0.39 is 124 Å². The van der Waals surface area contributed by atoms with Crippen LogP contribution in [0.4, 0.5) is 0 Å². The first-order valence-electron chi connectivity index (χ1n) is 39.5. The molecule has 0 aromatic rings. The summed E-state index contributed by atoms with van der Waals surface area (Å²) >= 11 is 0. The van der Waals surface area contributed by atoms with Gasteiger partial charge in [-0.2, -0.15) is 0 Å². The van der Waals surface area contributed by atoms with Crippen LogP contribution >= 0.6 is 0 Å². The number of hydrogen-bond donors (Lipinski definition) is 12. The van der Waals surface area contributed by atoms with E-state index in [1.807, 2.05) is 6.08 Å². The molecule has 12 N–H and O–H groups in total. The van der Waals surface area contributed by atoms with Crippen molar-refractivity contribution in [3.63, 3.8) is 0 Å². The molecule has 3 heterocycles. The van der Waals surface area contributed by atoms with Crippen molar-refractivity contribution in [2.75, 3.05) is 26.4 Å². The van der Waals surface area contributed by atoms with E-state index in [1.165, 1.54) is 167 Å². The second kappa shape index (κ2) is 60.9. The van der Waals surface area contributed by atoms with E-state index in [0.29, 0.717) is 12.8 Å². The maximum absolute atomic E-state index is 13.4. The molecule has 19 nitrogen and oxygen atoms in total. The van der Waals surface area contributed by atoms with Crippen LogP contribution in [0.15, 0.2) is 97.2 Å². The maximum atomic E-state index is 13.4. The summed E-state index contributed by atoms with van der Waals surface area (Å²) in [6.45, 7) is 1.59. The molecule has 0 aromatic carbocycles. The quantitative estimate of drug-likeness (QED) is 0.0199. The van der Waals surface area contributed by atoms with Crippen molar-refractivity contribution in [2.45, 2.75) is 381 Å². The molecule has 3 fully saturated rings. The van der Waals surface area contributed by atoms with Crippen LogP contribution in [0.5, 0.6) is 0 Å². The van der Waals surface area contributed by atoms with Crippen LogP contribution in [0.3, 0.4) is 0 Å². The Balaban J connectivity index is 1.31. The molecule has 0 aromatic heterocycles. The number of carbonyl (C=O) groups excluding carboxylic acids is 1. The van der Waals surface area contributed by atoms with Gasteiger partial charge in [-0.05, 0) is 89.9 Å². The first-order chi connectivity index (χ1) is 48.8. The molecule has 100 heavy (non-hydrogen) atoms. The zero-order valence-electron chi connectivity index (χ0n) is 61.6. The molecule has 0 bridgehead atoms. The average Bonchev–Trinajstić information content (AvgIpc) is 0.784. The minimum atomic E-state index is -1.98. The highest BCUT2D eigenvalue weighted by Crippen LogP contribution is 2.33. The van der Waals surface area contributed by atoms with Gasteiger partial charge in [0, 0.05) is 6.42 Å². The fourth-order valence-electron chi connectivity index (χ4n) is 12.8. The van der Waals surface area contributed by atoms with Gasteiger partial charge in [-0.25, -0.2) is 0 Å². The molecule has 0 radical (unpaired) electrons. The van der Waals surface area contributed by atoms with Gasteiger partial charge < -0.3 is 89.9 Å². The second-order valence-electron chi connectivity index (χ2n) is 27.8. The van der Waals surface area contributed by atoms with E-state index in [2.05, 4.69) is 104 Å². The van der Waals surface area contributed by atoms with Gasteiger partial charge in [0.2, 0.25) is 5.91 Å².